The second-order valence-corrected chi connectivity index (χ2v) is 6.14. The zero-order valence-electron chi connectivity index (χ0n) is 11.6. The van der Waals surface area contributed by atoms with Crippen LogP contribution in [-0.2, 0) is 9.59 Å². The van der Waals surface area contributed by atoms with E-state index >= 15 is 0 Å². The van der Waals surface area contributed by atoms with Crippen LogP contribution in [0, 0.1) is 5.92 Å². The number of aliphatic carboxylic acids is 1. The number of thioether (sulfide) groups is 1. The monoisotopic (exact) mass is 297 g/mol. The Morgan fingerprint density at radius 3 is 2.95 bits per heavy atom. The van der Waals surface area contributed by atoms with Crippen molar-refractivity contribution in [3.63, 3.8) is 0 Å². The summed E-state index contributed by atoms with van der Waals surface area (Å²) >= 11 is 1.52. The third-order valence-electron chi connectivity index (χ3n) is 3.13. The SMILES string of the molecule is CC(C)CC(NC(=O)CC1=CSC2=NCCN12)C(=O)O. The summed E-state index contributed by atoms with van der Waals surface area (Å²) in [5.41, 5.74) is 0.900. The number of amides is 1. The molecule has 2 aliphatic heterocycles. The molecule has 0 aromatic heterocycles. The Balaban J connectivity index is 1.88. The Morgan fingerprint density at radius 2 is 2.30 bits per heavy atom. The summed E-state index contributed by atoms with van der Waals surface area (Å²) in [6.07, 6.45) is 0.638. The number of carboxylic acids is 1. The number of hydrogen-bond donors (Lipinski definition) is 2. The van der Waals surface area contributed by atoms with E-state index in [9.17, 15) is 9.59 Å². The van der Waals surface area contributed by atoms with E-state index in [-0.39, 0.29) is 18.2 Å². The molecule has 0 saturated heterocycles. The molecule has 2 rings (SSSR count). The Hall–Kier alpha value is -1.50. The zero-order chi connectivity index (χ0) is 14.7. The van der Waals surface area contributed by atoms with Crippen LogP contribution in [0.15, 0.2) is 16.1 Å². The van der Waals surface area contributed by atoms with Gasteiger partial charge in [0.1, 0.15) is 6.04 Å². The second-order valence-electron chi connectivity index (χ2n) is 5.31. The first-order chi connectivity index (χ1) is 9.47. The highest BCUT2D eigenvalue weighted by molar-refractivity contribution is 8.16. The van der Waals surface area contributed by atoms with E-state index in [2.05, 4.69) is 10.3 Å². The maximum atomic E-state index is 12.0. The minimum absolute atomic E-state index is 0.202. The van der Waals surface area contributed by atoms with E-state index in [0.717, 1.165) is 24.0 Å². The number of carbonyl (C=O) groups is 2. The molecule has 7 heteroatoms. The molecule has 1 amide bonds. The van der Waals surface area contributed by atoms with Gasteiger partial charge in [0.2, 0.25) is 5.91 Å². The highest BCUT2D eigenvalue weighted by Crippen LogP contribution is 2.30. The topological polar surface area (TPSA) is 82.0 Å². The molecular formula is C13H19N3O3S. The lowest BCUT2D eigenvalue weighted by molar-refractivity contribution is -0.142. The number of aliphatic imine (C=N–C) groups is 1. The number of hydrogen-bond acceptors (Lipinski definition) is 5. The van der Waals surface area contributed by atoms with Gasteiger partial charge < -0.3 is 15.3 Å². The fourth-order valence-electron chi connectivity index (χ4n) is 2.22. The molecule has 0 spiro atoms. The van der Waals surface area contributed by atoms with Gasteiger partial charge in [-0.25, -0.2) is 4.79 Å². The lowest BCUT2D eigenvalue weighted by Gasteiger charge is -2.19. The van der Waals surface area contributed by atoms with Crippen LogP contribution in [0.1, 0.15) is 26.7 Å². The highest BCUT2D eigenvalue weighted by atomic mass is 32.2. The normalized spacial score (nSPS) is 18.6. The number of nitrogens with one attached hydrogen (secondary N) is 1. The molecule has 0 bridgehead atoms. The molecule has 1 atom stereocenters. The van der Waals surface area contributed by atoms with Crippen molar-refractivity contribution < 1.29 is 14.7 Å². The Bertz CT molecular complexity index is 473. The molecule has 2 aliphatic rings. The largest absolute Gasteiger partial charge is 0.480 e. The standard InChI is InChI=1S/C13H19N3O3S/c1-8(2)5-10(12(18)19)15-11(17)6-9-7-20-13-14-3-4-16(9)13/h7-8,10H,3-6H2,1-2H3,(H,15,17)(H,18,19). The first kappa shape index (κ1) is 14.9. The average molecular weight is 297 g/mol. The van der Waals surface area contributed by atoms with Crippen LogP contribution in [0.25, 0.3) is 0 Å². The summed E-state index contributed by atoms with van der Waals surface area (Å²) in [6, 6.07) is -0.816. The highest BCUT2D eigenvalue weighted by Gasteiger charge is 2.28. The lowest BCUT2D eigenvalue weighted by atomic mass is 10.0. The molecule has 6 nitrogen and oxygen atoms in total. The number of fused-ring (bicyclic) bond motifs is 1. The third kappa shape index (κ3) is 3.53. The van der Waals surface area contributed by atoms with Crippen molar-refractivity contribution in [2.45, 2.75) is 32.7 Å². The number of rotatable bonds is 6. The summed E-state index contributed by atoms with van der Waals surface area (Å²) in [4.78, 5) is 29.4. The quantitative estimate of drug-likeness (QED) is 0.771. The predicted octanol–water partition coefficient (Wildman–Crippen LogP) is 1.25. The van der Waals surface area contributed by atoms with Gasteiger partial charge in [0.05, 0.1) is 13.0 Å². The van der Waals surface area contributed by atoms with E-state index < -0.39 is 12.0 Å². The average Bonchev–Trinajstić information content (AvgIpc) is 2.92. The Kier molecular flexibility index (Phi) is 4.69. The van der Waals surface area contributed by atoms with Gasteiger partial charge in [-0.3, -0.25) is 9.79 Å². The predicted molar refractivity (Wildman–Crippen MR) is 78.3 cm³/mol. The fraction of sp³-hybridized carbons (Fsp3) is 0.615. The zero-order valence-corrected chi connectivity index (χ0v) is 12.4. The third-order valence-corrected chi connectivity index (χ3v) is 4.08. The molecule has 1 unspecified atom stereocenters. The maximum absolute atomic E-state index is 12.0. The van der Waals surface area contributed by atoms with Crippen LogP contribution in [0.5, 0.6) is 0 Å². The van der Waals surface area contributed by atoms with Gasteiger partial charge in [-0.2, -0.15) is 0 Å². The molecule has 0 aromatic rings. The van der Waals surface area contributed by atoms with Gasteiger partial charge in [-0.15, -0.1) is 0 Å². The smallest absolute Gasteiger partial charge is 0.326 e. The van der Waals surface area contributed by atoms with Crippen molar-refractivity contribution in [2.75, 3.05) is 13.1 Å². The first-order valence-corrected chi connectivity index (χ1v) is 7.55. The number of amidine groups is 1. The van der Waals surface area contributed by atoms with Crippen LogP contribution >= 0.6 is 11.8 Å². The molecule has 110 valence electrons. The molecule has 0 aromatic carbocycles. The Morgan fingerprint density at radius 1 is 1.55 bits per heavy atom. The van der Waals surface area contributed by atoms with E-state index in [0.29, 0.717) is 6.42 Å². The van der Waals surface area contributed by atoms with E-state index in [1.807, 2.05) is 24.2 Å². The van der Waals surface area contributed by atoms with Crippen LogP contribution < -0.4 is 5.32 Å². The molecule has 0 aliphatic carbocycles. The van der Waals surface area contributed by atoms with Gasteiger partial charge >= 0.3 is 5.97 Å². The molecule has 20 heavy (non-hydrogen) atoms. The van der Waals surface area contributed by atoms with Crippen molar-refractivity contribution in [2.24, 2.45) is 10.9 Å². The van der Waals surface area contributed by atoms with Crippen molar-refractivity contribution >= 4 is 28.8 Å². The molecule has 2 N–H and O–H groups in total. The lowest BCUT2D eigenvalue weighted by Crippen LogP contribution is -2.42. The minimum Gasteiger partial charge on any atom is -0.480 e. The first-order valence-electron chi connectivity index (χ1n) is 6.67. The van der Waals surface area contributed by atoms with Crippen LogP contribution in [-0.4, -0.2) is 46.2 Å². The van der Waals surface area contributed by atoms with Gasteiger partial charge in [-0.1, -0.05) is 25.6 Å². The van der Waals surface area contributed by atoms with Crippen molar-refractivity contribution in [1.82, 2.24) is 10.2 Å². The Labute approximate surface area is 122 Å². The summed E-state index contributed by atoms with van der Waals surface area (Å²) in [5, 5.41) is 14.6. The molecule has 0 fully saturated rings. The molecule has 0 radical (unpaired) electrons. The van der Waals surface area contributed by atoms with E-state index in [1.54, 1.807) is 0 Å². The van der Waals surface area contributed by atoms with Crippen LogP contribution in [0.3, 0.4) is 0 Å². The van der Waals surface area contributed by atoms with Gasteiger partial charge in [0.25, 0.3) is 0 Å². The van der Waals surface area contributed by atoms with Gasteiger partial charge in [0.15, 0.2) is 5.17 Å². The van der Waals surface area contributed by atoms with Crippen molar-refractivity contribution in [1.29, 1.82) is 0 Å². The molecular weight excluding hydrogens is 278 g/mol. The fourth-order valence-corrected chi connectivity index (χ4v) is 3.17. The van der Waals surface area contributed by atoms with Crippen LogP contribution in [0.4, 0.5) is 0 Å². The van der Waals surface area contributed by atoms with E-state index in [4.69, 9.17) is 5.11 Å². The summed E-state index contributed by atoms with van der Waals surface area (Å²) < 4.78 is 0. The van der Waals surface area contributed by atoms with E-state index in [1.165, 1.54) is 11.8 Å². The number of carbonyl (C=O) groups excluding carboxylic acids is 1. The number of carboxylic acid groups (broad SMARTS) is 1. The van der Waals surface area contributed by atoms with Gasteiger partial charge in [0, 0.05) is 12.2 Å². The summed E-state index contributed by atoms with van der Waals surface area (Å²) in [6.45, 7) is 5.43. The van der Waals surface area contributed by atoms with Crippen molar-refractivity contribution in [3.05, 3.63) is 11.1 Å². The second kappa shape index (κ2) is 6.30. The summed E-state index contributed by atoms with van der Waals surface area (Å²) in [7, 11) is 0. The van der Waals surface area contributed by atoms with Crippen LogP contribution in [0.2, 0.25) is 0 Å². The molecule has 2 heterocycles. The minimum atomic E-state index is -0.981. The van der Waals surface area contributed by atoms with Gasteiger partial charge in [-0.05, 0) is 17.7 Å². The number of nitrogens with zero attached hydrogens (tertiary/aromatic N) is 2. The maximum Gasteiger partial charge on any atom is 0.326 e. The molecule has 0 saturated carbocycles. The summed E-state index contributed by atoms with van der Waals surface area (Å²) in [5.74, 6) is -1.02. The van der Waals surface area contributed by atoms with Crippen molar-refractivity contribution in [3.8, 4) is 0 Å².